The van der Waals surface area contributed by atoms with Crippen molar-refractivity contribution in [3.8, 4) is 5.75 Å². The number of rotatable bonds is 3. The lowest BCUT2D eigenvalue weighted by molar-refractivity contribution is 0.102. The lowest BCUT2D eigenvalue weighted by Crippen LogP contribution is -2.14. The van der Waals surface area contributed by atoms with E-state index >= 15 is 0 Å². The first-order valence-corrected chi connectivity index (χ1v) is 7.64. The highest BCUT2D eigenvalue weighted by Crippen LogP contribution is 2.35. The van der Waals surface area contributed by atoms with Crippen LogP contribution in [0.4, 0.5) is 11.5 Å². The van der Waals surface area contributed by atoms with Crippen molar-refractivity contribution >= 4 is 60.9 Å². The zero-order chi connectivity index (χ0) is 15.6. The molecule has 0 saturated carbocycles. The Morgan fingerprint density at radius 2 is 2.05 bits per heavy atom. The first-order chi connectivity index (χ1) is 9.92. The van der Waals surface area contributed by atoms with Gasteiger partial charge in [0.1, 0.15) is 11.6 Å². The molecule has 0 radical (unpaired) electrons. The molecule has 0 aliphatic carbocycles. The number of benzene rings is 1. The molecule has 0 aliphatic rings. The molecular formula is C13H10Br2ClN3O2. The fraction of sp³-hybridized carbons (Fsp3) is 0.0769. The minimum absolute atomic E-state index is 0.219. The van der Waals surface area contributed by atoms with Gasteiger partial charge in [-0.25, -0.2) is 4.98 Å². The van der Waals surface area contributed by atoms with Gasteiger partial charge < -0.3 is 15.8 Å². The smallest absolute Gasteiger partial charge is 0.257 e. The number of hydrogen-bond donors (Lipinski definition) is 2. The van der Waals surface area contributed by atoms with Gasteiger partial charge in [0.05, 0.1) is 27.9 Å². The quantitative estimate of drug-likeness (QED) is 0.761. The predicted octanol–water partition coefficient (Wildman–Crippen LogP) is 4.10. The summed E-state index contributed by atoms with van der Waals surface area (Å²) in [5.41, 5.74) is 6.36. The van der Waals surface area contributed by atoms with Crippen molar-refractivity contribution in [1.82, 2.24) is 4.98 Å². The van der Waals surface area contributed by atoms with Crippen molar-refractivity contribution in [2.45, 2.75) is 0 Å². The number of hydrogen-bond acceptors (Lipinski definition) is 4. The van der Waals surface area contributed by atoms with Crippen LogP contribution in [0.2, 0.25) is 5.02 Å². The molecule has 0 unspecified atom stereocenters. The summed E-state index contributed by atoms with van der Waals surface area (Å²) in [5.74, 6) is 0.421. The number of nitrogens with one attached hydrogen (secondary N) is 1. The largest absolute Gasteiger partial charge is 0.495 e. The Morgan fingerprint density at radius 3 is 2.71 bits per heavy atom. The van der Waals surface area contributed by atoms with Crippen LogP contribution >= 0.6 is 43.5 Å². The number of nitrogens with two attached hydrogens (primary N) is 1. The van der Waals surface area contributed by atoms with Crippen molar-refractivity contribution in [2.75, 3.05) is 18.2 Å². The molecule has 0 atom stereocenters. The number of anilines is 2. The van der Waals surface area contributed by atoms with Gasteiger partial charge in [0.15, 0.2) is 0 Å². The molecule has 0 fully saturated rings. The topological polar surface area (TPSA) is 77.2 Å². The van der Waals surface area contributed by atoms with Crippen LogP contribution in [0.3, 0.4) is 0 Å². The van der Waals surface area contributed by atoms with Crippen molar-refractivity contribution in [3.05, 3.63) is 43.9 Å². The second-order valence-corrected chi connectivity index (χ2v) is 6.13. The molecule has 2 aromatic rings. The molecule has 5 nitrogen and oxygen atoms in total. The summed E-state index contributed by atoms with van der Waals surface area (Å²) in [4.78, 5) is 16.1. The van der Waals surface area contributed by atoms with E-state index in [9.17, 15) is 4.79 Å². The number of aromatic nitrogens is 1. The minimum atomic E-state index is -0.390. The van der Waals surface area contributed by atoms with Gasteiger partial charge in [-0.2, -0.15) is 0 Å². The lowest BCUT2D eigenvalue weighted by atomic mass is 10.2. The van der Waals surface area contributed by atoms with Gasteiger partial charge in [-0.3, -0.25) is 4.79 Å². The SMILES string of the molecule is COc1cc(NC(=O)c2cc(N)ncc2Cl)c(Br)cc1Br. The highest BCUT2D eigenvalue weighted by atomic mass is 79.9. The van der Waals surface area contributed by atoms with Crippen molar-refractivity contribution in [3.63, 3.8) is 0 Å². The number of ether oxygens (including phenoxy) is 1. The first-order valence-electron chi connectivity index (χ1n) is 5.67. The highest BCUT2D eigenvalue weighted by molar-refractivity contribution is 9.11. The Labute approximate surface area is 143 Å². The van der Waals surface area contributed by atoms with Crippen molar-refractivity contribution < 1.29 is 9.53 Å². The van der Waals surface area contributed by atoms with E-state index in [0.717, 1.165) is 4.47 Å². The number of nitrogens with zero attached hydrogens (tertiary/aromatic N) is 1. The van der Waals surface area contributed by atoms with Gasteiger partial charge in [0, 0.05) is 16.7 Å². The average Bonchev–Trinajstić information content (AvgIpc) is 2.44. The minimum Gasteiger partial charge on any atom is -0.495 e. The van der Waals surface area contributed by atoms with Gasteiger partial charge in [-0.1, -0.05) is 11.6 Å². The maximum absolute atomic E-state index is 12.3. The average molecular weight is 436 g/mol. The van der Waals surface area contributed by atoms with Crippen LogP contribution in [0.5, 0.6) is 5.75 Å². The summed E-state index contributed by atoms with van der Waals surface area (Å²) < 4.78 is 6.66. The lowest BCUT2D eigenvalue weighted by Gasteiger charge is -2.11. The van der Waals surface area contributed by atoms with Crippen LogP contribution in [0.1, 0.15) is 10.4 Å². The van der Waals surface area contributed by atoms with Gasteiger partial charge in [0.25, 0.3) is 5.91 Å². The molecular weight excluding hydrogens is 425 g/mol. The third-order valence-electron chi connectivity index (χ3n) is 2.61. The summed E-state index contributed by atoms with van der Waals surface area (Å²) in [7, 11) is 1.54. The normalized spacial score (nSPS) is 10.3. The Kier molecular flexibility index (Phi) is 5.08. The third kappa shape index (κ3) is 3.66. The maximum atomic E-state index is 12.3. The van der Waals surface area contributed by atoms with Gasteiger partial charge in [-0.15, -0.1) is 0 Å². The van der Waals surface area contributed by atoms with E-state index in [2.05, 4.69) is 42.2 Å². The number of carbonyl (C=O) groups excluding carboxylic acids is 1. The molecule has 1 amide bonds. The Bertz CT molecular complexity index is 710. The second kappa shape index (κ2) is 6.64. The van der Waals surface area contributed by atoms with Gasteiger partial charge in [0.2, 0.25) is 0 Å². The van der Waals surface area contributed by atoms with Gasteiger partial charge in [-0.05, 0) is 44.0 Å². The van der Waals surface area contributed by atoms with E-state index in [1.54, 1.807) is 19.2 Å². The van der Waals surface area contributed by atoms with E-state index in [-0.39, 0.29) is 22.3 Å². The van der Waals surface area contributed by atoms with Crippen LogP contribution in [-0.4, -0.2) is 18.0 Å². The first kappa shape index (κ1) is 16.1. The molecule has 1 aromatic carbocycles. The standard InChI is InChI=1S/C13H10Br2ClN3O2/c1-21-11-4-10(7(14)3-8(11)15)19-13(20)6-2-12(17)18-5-9(6)16/h2-5H,1H3,(H2,17,18)(H,19,20). The predicted molar refractivity (Wildman–Crippen MR) is 90.0 cm³/mol. The summed E-state index contributed by atoms with van der Waals surface area (Å²) >= 11 is 12.7. The monoisotopic (exact) mass is 433 g/mol. The van der Waals surface area contributed by atoms with E-state index in [1.807, 2.05) is 0 Å². The molecule has 1 aromatic heterocycles. The summed E-state index contributed by atoms with van der Waals surface area (Å²) in [5, 5.41) is 2.97. The third-order valence-corrected chi connectivity index (χ3v) is 4.19. The molecule has 0 saturated heterocycles. The fourth-order valence-corrected chi connectivity index (χ4v) is 3.04. The molecule has 21 heavy (non-hydrogen) atoms. The number of amides is 1. The number of halogens is 3. The number of nitrogen functional groups attached to an aromatic ring is 1. The van der Waals surface area contributed by atoms with Crippen molar-refractivity contribution in [1.29, 1.82) is 0 Å². The van der Waals surface area contributed by atoms with Gasteiger partial charge >= 0.3 is 0 Å². The van der Waals surface area contributed by atoms with E-state index in [1.165, 1.54) is 12.3 Å². The summed E-state index contributed by atoms with van der Waals surface area (Å²) in [6.07, 6.45) is 1.34. The Morgan fingerprint density at radius 1 is 1.33 bits per heavy atom. The van der Waals surface area contributed by atoms with Crippen LogP contribution < -0.4 is 15.8 Å². The maximum Gasteiger partial charge on any atom is 0.257 e. The molecule has 8 heteroatoms. The fourth-order valence-electron chi connectivity index (χ4n) is 1.60. The molecule has 0 aliphatic heterocycles. The Balaban J connectivity index is 2.33. The zero-order valence-electron chi connectivity index (χ0n) is 10.8. The van der Waals surface area contributed by atoms with Crippen LogP contribution in [0, 0.1) is 0 Å². The zero-order valence-corrected chi connectivity index (χ0v) is 14.7. The Hall–Kier alpha value is -1.31. The van der Waals surface area contributed by atoms with E-state index < -0.39 is 0 Å². The summed E-state index contributed by atoms with van der Waals surface area (Å²) in [6.45, 7) is 0. The molecule has 0 bridgehead atoms. The van der Waals surface area contributed by atoms with Crippen LogP contribution in [0.15, 0.2) is 33.3 Å². The molecule has 1 heterocycles. The number of carbonyl (C=O) groups is 1. The van der Waals surface area contributed by atoms with Crippen LogP contribution in [0.25, 0.3) is 0 Å². The molecule has 110 valence electrons. The highest BCUT2D eigenvalue weighted by Gasteiger charge is 2.15. The van der Waals surface area contributed by atoms with Crippen LogP contribution in [-0.2, 0) is 0 Å². The van der Waals surface area contributed by atoms with E-state index in [0.29, 0.717) is 15.9 Å². The van der Waals surface area contributed by atoms with E-state index in [4.69, 9.17) is 22.1 Å². The number of methoxy groups -OCH3 is 1. The van der Waals surface area contributed by atoms with Crippen molar-refractivity contribution in [2.24, 2.45) is 0 Å². The number of pyridine rings is 1. The molecule has 2 rings (SSSR count). The molecule has 0 spiro atoms. The molecule has 3 N–H and O–H groups in total. The second-order valence-electron chi connectivity index (χ2n) is 4.01. The summed E-state index contributed by atoms with van der Waals surface area (Å²) in [6, 6.07) is 4.88.